The Bertz CT molecular complexity index is 747. The minimum Gasteiger partial charge on any atom is -0.504 e. The molecule has 27 heavy (non-hydrogen) atoms. The number of esters is 1. The number of carbonyl (C=O) groups excluding carboxylic acids is 1. The highest BCUT2D eigenvalue weighted by atomic mass is 16.5. The smallest absolute Gasteiger partial charge is 0.342 e. The van der Waals surface area contributed by atoms with Gasteiger partial charge in [-0.25, -0.2) is 4.79 Å². The van der Waals surface area contributed by atoms with Gasteiger partial charge in [-0.3, -0.25) is 0 Å². The van der Waals surface area contributed by atoms with Crippen molar-refractivity contribution in [1.29, 1.82) is 0 Å². The maximum atomic E-state index is 12.0. The molecule has 0 saturated heterocycles. The van der Waals surface area contributed by atoms with E-state index in [0.717, 1.165) is 17.5 Å². The molecule has 2 aromatic carbocycles. The molecule has 0 fully saturated rings. The van der Waals surface area contributed by atoms with Crippen molar-refractivity contribution in [3.8, 4) is 11.5 Å². The Morgan fingerprint density at radius 1 is 1.00 bits per heavy atom. The summed E-state index contributed by atoms with van der Waals surface area (Å²) in [5.74, 6) is -1.47. The molecule has 0 heterocycles. The minimum absolute atomic E-state index is 0.0477. The summed E-state index contributed by atoms with van der Waals surface area (Å²) in [5.41, 5.74) is 1.93. The molecular formula is C23H28O4. The van der Waals surface area contributed by atoms with Crippen molar-refractivity contribution in [3.63, 3.8) is 0 Å². The van der Waals surface area contributed by atoms with Crippen molar-refractivity contribution in [2.75, 3.05) is 0 Å². The third-order valence-electron chi connectivity index (χ3n) is 4.37. The van der Waals surface area contributed by atoms with Gasteiger partial charge < -0.3 is 14.9 Å². The van der Waals surface area contributed by atoms with Gasteiger partial charge in [-0.1, -0.05) is 75.1 Å². The van der Waals surface area contributed by atoms with E-state index in [4.69, 9.17) is 4.74 Å². The first-order valence-electron chi connectivity index (χ1n) is 9.55. The maximum Gasteiger partial charge on any atom is 0.342 e. The molecule has 2 aromatic rings. The number of rotatable bonds is 10. The van der Waals surface area contributed by atoms with Crippen LogP contribution < -0.4 is 0 Å². The molecule has 2 rings (SSSR count). The second-order valence-corrected chi connectivity index (χ2v) is 6.60. The number of ether oxygens (including phenoxy) is 1. The van der Waals surface area contributed by atoms with E-state index in [-0.39, 0.29) is 17.9 Å². The monoisotopic (exact) mass is 368 g/mol. The third kappa shape index (κ3) is 6.81. The predicted octanol–water partition coefficient (Wildman–Crippen LogP) is 5.83. The lowest BCUT2D eigenvalue weighted by Gasteiger charge is -2.07. The lowest BCUT2D eigenvalue weighted by molar-refractivity contribution is 0.0468. The van der Waals surface area contributed by atoms with Gasteiger partial charge in [0.05, 0.1) is 0 Å². The zero-order valence-electron chi connectivity index (χ0n) is 15.9. The first-order valence-corrected chi connectivity index (χ1v) is 9.55. The number of hydrogen-bond donors (Lipinski definition) is 2. The van der Waals surface area contributed by atoms with Crippen molar-refractivity contribution < 1.29 is 19.7 Å². The van der Waals surface area contributed by atoms with E-state index in [1.165, 1.54) is 50.3 Å². The first kappa shape index (κ1) is 20.6. The first-order chi connectivity index (χ1) is 13.1. The van der Waals surface area contributed by atoms with Crippen molar-refractivity contribution >= 4 is 12.0 Å². The van der Waals surface area contributed by atoms with E-state index in [1.807, 2.05) is 24.3 Å². The Labute approximate surface area is 161 Å². The molecule has 4 heteroatoms. The number of benzene rings is 2. The van der Waals surface area contributed by atoms with Crippen LogP contribution in [-0.4, -0.2) is 16.2 Å². The highest BCUT2D eigenvalue weighted by molar-refractivity contribution is 5.93. The number of allylic oxidation sites excluding steroid dienone is 1. The van der Waals surface area contributed by atoms with E-state index >= 15 is 0 Å². The highest BCUT2D eigenvalue weighted by Gasteiger charge is 2.15. The number of aromatic hydroxyl groups is 2. The summed E-state index contributed by atoms with van der Waals surface area (Å²) in [5, 5.41) is 19.1. The second-order valence-electron chi connectivity index (χ2n) is 6.60. The van der Waals surface area contributed by atoms with Gasteiger partial charge in [-0.05, 0) is 36.1 Å². The van der Waals surface area contributed by atoms with Crippen LogP contribution >= 0.6 is 0 Å². The average Bonchev–Trinajstić information content (AvgIpc) is 2.68. The molecular weight excluding hydrogens is 340 g/mol. The topological polar surface area (TPSA) is 66.8 Å². The van der Waals surface area contributed by atoms with Gasteiger partial charge in [0, 0.05) is 0 Å². The van der Waals surface area contributed by atoms with Gasteiger partial charge in [0.25, 0.3) is 0 Å². The van der Waals surface area contributed by atoms with Crippen LogP contribution in [0.15, 0.2) is 48.5 Å². The highest BCUT2D eigenvalue weighted by Crippen LogP contribution is 2.28. The fourth-order valence-corrected chi connectivity index (χ4v) is 2.73. The van der Waals surface area contributed by atoms with Crippen LogP contribution in [0.3, 0.4) is 0 Å². The Morgan fingerprint density at radius 3 is 2.48 bits per heavy atom. The number of carbonyl (C=O) groups is 1. The molecule has 0 saturated carbocycles. The summed E-state index contributed by atoms with van der Waals surface area (Å²) in [6, 6.07) is 12.0. The molecule has 2 N–H and O–H groups in total. The zero-order chi connectivity index (χ0) is 19.5. The maximum absolute atomic E-state index is 12.0. The van der Waals surface area contributed by atoms with Gasteiger partial charge in [-0.2, -0.15) is 0 Å². The number of phenols is 2. The van der Waals surface area contributed by atoms with Crippen LogP contribution in [0.4, 0.5) is 0 Å². The normalized spacial score (nSPS) is 11.0. The number of unbranched alkanes of at least 4 members (excludes halogenated alkanes) is 5. The number of phenolic OH excluding ortho intramolecular Hbond substituents is 2. The quantitative estimate of drug-likeness (QED) is 0.315. The number of hydrogen-bond acceptors (Lipinski definition) is 4. The summed E-state index contributed by atoms with van der Waals surface area (Å²) in [4.78, 5) is 12.0. The summed E-state index contributed by atoms with van der Waals surface area (Å²) in [6.45, 7) is 2.33. The molecule has 0 aliphatic heterocycles. The van der Waals surface area contributed by atoms with Crippen molar-refractivity contribution in [1.82, 2.24) is 0 Å². The van der Waals surface area contributed by atoms with E-state index in [9.17, 15) is 15.0 Å². The fourth-order valence-electron chi connectivity index (χ4n) is 2.73. The van der Waals surface area contributed by atoms with Gasteiger partial charge >= 0.3 is 5.97 Å². The Morgan fingerprint density at radius 2 is 1.74 bits per heavy atom. The number of para-hydroxylation sites is 1. The Balaban J connectivity index is 1.78. The Kier molecular flexibility index (Phi) is 8.43. The molecule has 0 aliphatic carbocycles. The van der Waals surface area contributed by atoms with Gasteiger partial charge in [0.1, 0.15) is 12.2 Å². The second kappa shape index (κ2) is 11.1. The van der Waals surface area contributed by atoms with E-state index in [1.54, 1.807) is 0 Å². The van der Waals surface area contributed by atoms with Crippen LogP contribution in [0.1, 0.15) is 66.9 Å². The lowest BCUT2D eigenvalue weighted by Crippen LogP contribution is -2.05. The summed E-state index contributed by atoms with van der Waals surface area (Å²) in [7, 11) is 0. The van der Waals surface area contributed by atoms with E-state index < -0.39 is 11.7 Å². The van der Waals surface area contributed by atoms with Crippen LogP contribution in [0.25, 0.3) is 6.08 Å². The zero-order valence-corrected chi connectivity index (χ0v) is 15.9. The van der Waals surface area contributed by atoms with E-state index in [0.29, 0.717) is 0 Å². The predicted molar refractivity (Wildman–Crippen MR) is 108 cm³/mol. The molecule has 0 atom stereocenters. The lowest BCUT2D eigenvalue weighted by atomic mass is 10.1. The van der Waals surface area contributed by atoms with Crippen molar-refractivity contribution in [3.05, 3.63) is 65.2 Å². The molecule has 0 aliphatic rings. The fraction of sp³-hybridized carbons (Fsp3) is 0.348. The molecule has 0 amide bonds. The molecule has 0 aromatic heterocycles. The standard InChI is InChI=1S/C23H28O4/c1-2-3-4-5-6-7-8-10-18-13-15-19(16-14-18)17-27-23(26)20-11-9-12-21(24)22(20)25/h8-16,24-25H,2-7,17H2,1H3/b10-8+. The SMILES string of the molecule is CCCCCCC/C=C/c1ccc(COC(=O)c2cccc(O)c2O)cc1. The van der Waals surface area contributed by atoms with Gasteiger partial charge in [0.15, 0.2) is 11.5 Å². The van der Waals surface area contributed by atoms with Crippen LogP contribution in [0, 0.1) is 0 Å². The van der Waals surface area contributed by atoms with Crippen LogP contribution in [-0.2, 0) is 11.3 Å². The van der Waals surface area contributed by atoms with Crippen LogP contribution in [0.2, 0.25) is 0 Å². The summed E-state index contributed by atoms with van der Waals surface area (Å²) in [6.07, 6.45) is 11.8. The minimum atomic E-state index is -0.671. The van der Waals surface area contributed by atoms with Crippen molar-refractivity contribution in [2.45, 2.75) is 52.1 Å². The van der Waals surface area contributed by atoms with Gasteiger partial charge in [0.2, 0.25) is 0 Å². The molecule has 0 unspecified atom stereocenters. The Hall–Kier alpha value is -2.75. The van der Waals surface area contributed by atoms with Crippen molar-refractivity contribution in [2.24, 2.45) is 0 Å². The molecule has 0 spiro atoms. The average molecular weight is 368 g/mol. The van der Waals surface area contributed by atoms with E-state index in [2.05, 4.69) is 19.1 Å². The molecule has 144 valence electrons. The summed E-state index contributed by atoms with van der Waals surface area (Å²) >= 11 is 0. The van der Waals surface area contributed by atoms with Crippen LogP contribution in [0.5, 0.6) is 11.5 Å². The largest absolute Gasteiger partial charge is 0.504 e. The molecule has 0 bridgehead atoms. The van der Waals surface area contributed by atoms with Gasteiger partial charge in [-0.15, -0.1) is 0 Å². The molecule has 4 nitrogen and oxygen atoms in total. The third-order valence-corrected chi connectivity index (χ3v) is 4.37. The molecule has 0 radical (unpaired) electrons. The summed E-state index contributed by atoms with van der Waals surface area (Å²) < 4.78 is 5.21.